The van der Waals surface area contributed by atoms with Gasteiger partial charge in [0.1, 0.15) is 11.4 Å². The Morgan fingerprint density at radius 2 is 1.91 bits per heavy atom. The number of amidine groups is 1. The Bertz CT molecular complexity index is 614. The predicted molar refractivity (Wildman–Crippen MR) is 87.7 cm³/mol. The number of ether oxygens (including phenoxy) is 1. The monoisotopic (exact) mass is 300 g/mol. The van der Waals surface area contributed by atoms with E-state index in [0.717, 1.165) is 30.8 Å². The van der Waals surface area contributed by atoms with Gasteiger partial charge < -0.3 is 4.74 Å². The summed E-state index contributed by atoms with van der Waals surface area (Å²) in [5.41, 5.74) is 3.33. The molecule has 2 aliphatic rings. The molecule has 0 radical (unpaired) electrons. The van der Waals surface area contributed by atoms with E-state index >= 15 is 0 Å². The lowest BCUT2D eigenvalue weighted by molar-refractivity contribution is 0.0383. The number of aliphatic imine (C=N–C) groups is 1. The van der Waals surface area contributed by atoms with Gasteiger partial charge in [-0.05, 0) is 69.7 Å². The number of nitrogens with zero attached hydrogens (tertiary/aromatic N) is 2. The third-order valence-corrected chi connectivity index (χ3v) is 4.05. The van der Waals surface area contributed by atoms with Gasteiger partial charge in [0.05, 0.1) is 5.69 Å². The molecule has 4 nitrogen and oxygen atoms in total. The van der Waals surface area contributed by atoms with Crippen molar-refractivity contribution in [2.75, 3.05) is 6.54 Å². The van der Waals surface area contributed by atoms with Crippen molar-refractivity contribution < 1.29 is 9.53 Å². The minimum absolute atomic E-state index is 0.287. The van der Waals surface area contributed by atoms with Crippen molar-refractivity contribution in [2.45, 2.75) is 58.5 Å². The van der Waals surface area contributed by atoms with Crippen LogP contribution in [0.1, 0.15) is 51.2 Å². The van der Waals surface area contributed by atoms with E-state index in [9.17, 15) is 4.79 Å². The highest BCUT2D eigenvalue weighted by Gasteiger charge is 2.29. The molecule has 1 heterocycles. The molecule has 0 aromatic heterocycles. The Kier molecular flexibility index (Phi) is 3.94. The highest BCUT2D eigenvalue weighted by Crippen LogP contribution is 2.27. The number of hydrogen-bond acceptors (Lipinski definition) is 3. The SMILES string of the molecule is CC(C)(C)OC(=O)N1CCCC1=Nc1ccc2c(c1)CCC2. The summed E-state index contributed by atoms with van der Waals surface area (Å²) in [4.78, 5) is 18.7. The maximum Gasteiger partial charge on any atom is 0.415 e. The van der Waals surface area contributed by atoms with Gasteiger partial charge in [0.2, 0.25) is 0 Å². The molecule has 0 unspecified atom stereocenters. The molecular formula is C18H24N2O2. The van der Waals surface area contributed by atoms with Crippen LogP contribution in [0.2, 0.25) is 0 Å². The first kappa shape index (κ1) is 15.1. The Morgan fingerprint density at radius 3 is 2.68 bits per heavy atom. The molecule has 1 aromatic rings. The maximum atomic E-state index is 12.3. The number of amides is 1. The van der Waals surface area contributed by atoms with E-state index in [1.165, 1.54) is 24.0 Å². The molecule has 1 saturated heterocycles. The van der Waals surface area contributed by atoms with Crippen LogP contribution in [0.15, 0.2) is 23.2 Å². The molecule has 22 heavy (non-hydrogen) atoms. The van der Waals surface area contributed by atoms with Gasteiger partial charge in [-0.1, -0.05) is 6.07 Å². The number of fused-ring (bicyclic) bond motifs is 1. The van der Waals surface area contributed by atoms with Crippen LogP contribution in [0.5, 0.6) is 0 Å². The van der Waals surface area contributed by atoms with Crippen LogP contribution in [0.25, 0.3) is 0 Å². The first-order chi connectivity index (χ1) is 10.4. The number of carbonyl (C=O) groups excluding carboxylic acids is 1. The maximum absolute atomic E-state index is 12.3. The van der Waals surface area contributed by atoms with Crippen molar-refractivity contribution in [2.24, 2.45) is 4.99 Å². The van der Waals surface area contributed by atoms with Crippen LogP contribution in [0.4, 0.5) is 10.5 Å². The number of hydrogen-bond donors (Lipinski definition) is 0. The van der Waals surface area contributed by atoms with Crippen LogP contribution in [-0.2, 0) is 17.6 Å². The van der Waals surface area contributed by atoms with Crippen molar-refractivity contribution in [3.05, 3.63) is 29.3 Å². The summed E-state index contributed by atoms with van der Waals surface area (Å²) in [5, 5.41) is 0. The third kappa shape index (κ3) is 3.32. The third-order valence-electron chi connectivity index (χ3n) is 4.05. The van der Waals surface area contributed by atoms with Gasteiger partial charge in [0.25, 0.3) is 0 Å². The van der Waals surface area contributed by atoms with Crippen LogP contribution < -0.4 is 0 Å². The molecule has 0 saturated carbocycles. The summed E-state index contributed by atoms with van der Waals surface area (Å²) in [6, 6.07) is 6.40. The average Bonchev–Trinajstić information content (AvgIpc) is 3.04. The Morgan fingerprint density at radius 1 is 1.14 bits per heavy atom. The van der Waals surface area contributed by atoms with Crippen LogP contribution in [-0.4, -0.2) is 29.0 Å². The largest absolute Gasteiger partial charge is 0.443 e. The molecule has 0 spiro atoms. The van der Waals surface area contributed by atoms with Gasteiger partial charge in [-0.2, -0.15) is 0 Å². The second kappa shape index (κ2) is 5.75. The second-order valence-electron chi connectivity index (χ2n) is 7.07. The van der Waals surface area contributed by atoms with E-state index in [1.807, 2.05) is 20.8 Å². The standard InChI is InChI=1S/C18H24N2O2/c1-18(2,3)22-17(21)20-11-5-8-16(20)19-15-10-9-13-6-4-7-14(13)12-15/h9-10,12H,4-8,11H2,1-3H3. The lowest BCUT2D eigenvalue weighted by atomic mass is 10.1. The van der Waals surface area contributed by atoms with Gasteiger partial charge in [-0.15, -0.1) is 0 Å². The van der Waals surface area contributed by atoms with Crippen molar-refractivity contribution in [1.29, 1.82) is 0 Å². The first-order valence-electron chi connectivity index (χ1n) is 8.12. The van der Waals surface area contributed by atoms with E-state index in [-0.39, 0.29) is 6.09 Å². The van der Waals surface area contributed by atoms with E-state index in [2.05, 4.69) is 18.2 Å². The molecule has 0 atom stereocenters. The van der Waals surface area contributed by atoms with E-state index in [4.69, 9.17) is 9.73 Å². The second-order valence-corrected chi connectivity index (χ2v) is 7.07. The van der Waals surface area contributed by atoms with Crippen LogP contribution in [0, 0.1) is 0 Å². The summed E-state index contributed by atoms with van der Waals surface area (Å²) in [7, 11) is 0. The summed E-state index contributed by atoms with van der Waals surface area (Å²) in [6.07, 6.45) is 5.04. The highest BCUT2D eigenvalue weighted by atomic mass is 16.6. The summed E-state index contributed by atoms with van der Waals surface area (Å²) < 4.78 is 5.47. The number of rotatable bonds is 1. The van der Waals surface area contributed by atoms with Gasteiger partial charge in [0.15, 0.2) is 0 Å². The van der Waals surface area contributed by atoms with E-state index in [0.29, 0.717) is 6.54 Å². The van der Waals surface area contributed by atoms with E-state index in [1.54, 1.807) is 4.90 Å². The lowest BCUT2D eigenvalue weighted by Crippen LogP contribution is -2.37. The molecule has 118 valence electrons. The van der Waals surface area contributed by atoms with Crippen molar-refractivity contribution in [1.82, 2.24) is 4.90 Å². The fourth-order valence-electron chi connectivity index (χ4n) is 3.07. The Balaban J connectivity index is 1.79. The fraction of sp³-hybridized carbons (Fsp3) is 0.556. The molecule has 0 N–H and O–H groups in total. The Hall–Kier alpha value is -1.84. The molecule has 3 rings (SSSR count). The molecule has 0 bridgehead atoms. The van der Waals surface area contributed by atoms with Crippen molar-refractivity contribution >= 4 is 17.6 Å². The zero-order valence-electron chi connectivity index (χ0n) is 13.7. The lowest BCUT2D eigenvalue weighted by Gasteiger charge is -2.24. The smallest absolute Gasteiger partial charge is 0.415 e. The Labute approximate surface area is 132 Å². The predicted octanol–water partition coefficient (Wildman–Crippen LogP) is 4.24. The summed E-state index contributed by atoms with van der Waals surface area (Å²) in [6.45, 7) is 6.35. The normalized spacial score (nSPS) is 19.6. The van der Waals surface area contributed by atoms with Gasteiger partial charge in [-0.3, -0.25) is 4.90 Å². The minimum atomic E-state index is -0.474. The number of aryl methyl sites for hydroxylation is 2. The van der Waals surface area contributed by atoms with Crippen LogP contribution in [0.3, 0.4) is 0 Å². The molecule has 1 aliphatic heterocycles. The summed E-state index contributed by atoms with van der Waals surface area (Å²) in [5.74, 6) is 0.826. The first-order valence-corrected chi connectivity index (χ1v) is 8.12. The van der Waals surface area contributed by atoms with Gasteiger partial charge in [0, 0.05) is 13.0 Å². The van der Waals surface area contributed by atoms with E-state index < -0.39 is 5.60 Å². The molecular weight excluding hydrogens is 276 g/mol. The van der Waals surface area contributed by atoms with Crippen molar-refractivity contribution in [3.63, 3.8) is 0 Å². The molecule has 1 fully saturated rings. The molecule has 1 aromatic carbocycles. The highest BCUT2D eigenvalue weighted by molar-refractivity contribution is 5.98. The summed E-state index contributed by atoms with van der Waals surface area (Å²) >= 11 is 0. The quantitative estimate of drug-likeness (QED) is 0.778. The molecule has 1 amide bonds. The fourth-order valence-corrected chi connectivity index (χ4v) is 3.07. The average molecular weight is 300 g/mol. The van der Waals surface area contributed by atoms with Gasteiger partial charge in [-0.25, -0.2) is 9.79 Å². The zero-order chi connectivity index (χ0) is 15.7. The topological polar surface area (TPSA) is 41.9 Å². The number of benzene rings is 1. The van der Waals surface area contributed by atoms with Crippen molar-refractivity contribution in [3.8, 4) is 0 Å². The van der Waals surface area contributed by atoms with Gasteiger partial charge >= 0.3 is 6.09 Å². The number of likely N-dealkylation sites (tertiary alicyclic amines) is 1. The van der Waals surface area contributed by atoms with Crippen LogP contribution >= 0.6 is 0 Å². The minimum Gasteiger partial charge on any atom is -0.443 e. The molecule has 4 heteroatoms. The zero-order valence-corrected chi connectivity index (χ0v) is 13.7. The number of carbonyl (C=O) groups is 1. The molecule has 1 aliphatic carbocycles.